The summed E-state index contributed by atoms with van der Waals surface area (Å²) in [5, 5.41) is 12.3. The van der Waals surface area contributed by atoms with E-state index in [1.165, 1.54) is 5.56 Å². The third kappa shape index (κ3) is 3.20. The average Bonchev–Trinajstić information content (AvgIpc) is 3.32. The van der Waals surface area contributed by atoms with Gasteiger partial charge in [0.05, 0.1) is 12.3 Å². The first-order valence-corrected chi connectivity index (χ1v) is 8.93. The number of aryl methyl sites for hydroxylation is 2. The zero-order valence-corrected chi connectivity index (χ0v) is 15.9. The molecule has 2 N–H and O–H groups in total. The number of benzene rings is 2. The van der Waals surface area contributed by atoms with Crippen LogP contribution in [0.2, 0.25) is 0 Å². The predicted octanol–water partition coefficient (Wildman–Crippen LogP) is 3.58. The van der Waals surface area contributed by atoms with Crippen LogP contribution in [0.25, 0.3) is 28.7 Å². The Hall–Kier alpha value is -3.68. The SMILES string of the molecule is CCOc1ccc(-c2noc(-c3nnn(-c4ccc(C)c(C)c4)c3N)n2)cc1. The number of hydrogen-bond acceptors (Lipinski definition) is 7. The van der Waals surface area contributed by atoms with Gasteiger partial charge in [0.1, 0.15) is 5.75 Å². The Balaban J connectivity index is 1.64. The Morgan fingerprint density at radius 3 is 2.57 bits per heavy atom. The summed E-state index contributed by atoms with van der Waals surface area (Å²) >= 11 is 0. The van der Waals surface area contributed by atoms with E-state index in [1.807, 2.05) is 56.3 Å². The molecule has 8 heteroatoms. The molecule has 28 heavy (non-hydrogen) atoms. The lowest BCUT2D eigenvalue weighted by atomic mass is 10.1. The molecule has 8 nitrogen and oxygen atoms in total. The van der Waals surface area contributed by atoms with Crippen LogP contribution in [0.3, 0.4) is 0 Å². The second-order valence-electron chi connectivity index (χ2n) is 6.38. The molecule has 2 aromatic heterocycles. The smallest absolute Gasteiger partial charge is 0.282 e. The summed E-state index contributed by atoms with van der Waals surface area (Å²) < 4.78 is 12.4. The zero-order chi connectivity index (χ0) is 19.7. The number of rotatable bonds is 5. The van der Waals surface area contributed by atoms with Crippen LogP contribution in [0.15, 0.2) is 47.0 Å². The van der Waals surface area contributed by atoms with E-state index in [-0.39, 0.29) is 5.89 Å². The minimum atomic E-state index is 0.219. The fourth-order valence-electron chi connectivity index (χ4n) is 2.79. The molecular formula is C20H20N6O2. The average molecular weight is 376 g/mol. The molecule has 0 aliphatic heterocycles. The highest BCUT2D eigenvalue weighted by atomic mass is 16.5. The molecule has 142 valence electrons. The Morgan fingerprint density at radius 2 is 1.86 bits per heavy atom. The summed E-state index contributed by atoms with van der Waals surface area (Å²) in [6.07, 6.45) is 0. The summed E-state index contributed by atoms with van der Waals surface area (Å²) in [5.74, 6) is 1.79. The molecule has 2 aromatic carbocycles. The van der Waals surface area contributed by atoms with E-state index in [4.69, 9.17) is 15.0 Å². The Labute approximate surface area is 161 Å². The molecule has 4 aromatic rings. The van der Waals surface area contributed by atoms with Crippen LogP contribution in [-0.4, -0.2) is 31.7 Å². The number of nitrogens with zero attached hydrogens (tertiary/aromatic N) is 5. The van der Waals surface area contributed by atoms with Gasteiger partial charge in [-0.2, -0.15) is 9.67 Å². The van der Waals surface area contributed by atoms with E-state index in [0.717, 1.165) is 22.6 Å². The fraction of sp³-hybridized carbons (Fsp3) is 0.200. The number of aromatic nitrogens is 5. The Morgan fingerprint density at radius 1 is 1.07 bits per heavy atom. The second-order valence-corrected chi connectivity index (χ2v) is 6.38. The van der Waals surface area contributed by atoms with Gasteiger partial charge < -0.3 is 15.0 Å². The van der Waals surface area contributed by atoms with Crippen molar-refractivity contribution in [2.24, 2.45) is 0 Å². The largest absolute Gasteiger partial charge is 0.494 e. The standard InChI is InChI=1S/C20H20N6O2/c1-4-27-16-9-6-14(7-10-16)19-22-20(28-24-19)17-18(21)26(25-23-17)15-8-5-12(2)13(3)11-15/h5-11H,4,21H2,1-3H3. The summed E-state index contributed by atoms with van der Waals surface area (Å²) in [7, 11) is 0. The van der Waals surface area contributed by atoms with Crippen LogP contribution < -0.4 is 10.5 Å². The topological polar surface area (TPSA) is 105 Å². The van der Waals surface area contributed by atoms with E-state index in [0.29, 0.717) is 23.9 Å². The molecular weight excluding hydrogens is 356 g/mol. The summed E-state index contributed by atoms with van der Waals surface area (Å²) in [5.41, 5.74) is 10.6. The lowest BCUT2D eigenvalue weighted by molar-refractivity contribution is 0.340. The highest BCUT2D eigenvalue weighted by molar-refractivity contribution is 5.66. The molecule has 0 unspecified atom stereocenters. The van der Waals surface area contributed by atoms with Gasteiger partial charge in [0.25, 0.3) is 5.89 Å². The number of nitrogen functional groups attached to an aromatic ring is 1. The summed E-state index contributed by atoms with van der Waals surface area (Å²) in [6, 6.07) is 13.4. The predicted molar refractivity (Wildman–Crippen MR) is 105 cm³/mol. The first-order chi connectivity index (χ1) is 13.6. The molecule has 0 bridgehead atoms. The van der Waals surface area contributed by atoms with Crippen LogP contribution in [0.1, 0.15) is 18.1 Å². The van der Waals surface area contributed by atoms with Crippen molar-refractivity contribution in [3.05, 3.63) is 53.6 Å². The Bertz CT molecular complexity index is 1110. The van der Waals surface area contributed by atoms with Crippen molar-refractivity contribution in [2.45, 2.75) is 20.8 Å². The molecule has 4 rings (SSSR count). The molecule has 0 saturated carbocycles. The third-order valence-electron chi connectivity index (χ3n) is 4.49. The van der Waals surface area contributed by atoms with E-state index in [9.17, 15) is 0 Å². The highest BCUT2D eigenvalue weighted by Crippen LogP contribution is 2.27. The molecule has 0 spiro atoms. The van der Waals surface area contributed by atoms with Crippen LogP contribution in [-0.2, 0) is 0 Å². The van der Waals surface area contributed by atoms with Crippen LogP contribution in [0.5, 0.6) is 5.75 Å². The number of anilines is 1. The Kier molecular flexibility index (Phi) is 4.52. The molecule has 0 amide bonds. The van der Waals surface area contributed by atoms with E-state index in [1.54, 1.807) is 4.68 Å². The van der Waals surface area contributed by atoms with Crippen molar-refractivity contribution in [2.75, 3.05) is 12.3 Å². The molecule has 2 heterocycles. The van der Waals surface area contributed by atoms with Crippen molar-refractivity contribution in [3.63, 3.8) is 0 Å². The molecule has 0 aliphatic carbocycles. The minimum Gasteiger partial charge on any atom is -0.494 e. The van der Waals surface area contributed by atoms with Crippen molar-refractivity contribution in [1.82, 2.24) is 25.1 Å². The van der Waals surface area contributed by atoms with Crippen LogP contribution in [0, 0.1) is 13.8 Å². The molecule has 0 fully saturated rings. The molecule has 0 aliphatic rings. The lowest BCUT2D eigenvalue weighted by Gasteiger charge is -2.06. The maximum Gasteiger partial charge on any atom is 0.282 e. The molecule has 0 saturated heterocycles. The fourth-order valence-corrected chi connectivity index (χ4v) is 2.79. The van der Waals surface area contributed by atoms with Crippen LogP contribution >= 0.6 is 0 Å². The van der Waals surface area contributed by atoms with Gasteiger partial charge in [0.2, 0.25) is 5.82 Å². The van der Waals surface area contributed by atoms with E-state index < -0.39 is 0 Å². The van der Waals surface area contributed by atoms with Gasteiger partial charge in [-0.25, -0.2) is 0 Å². The number of ether oxygens (including phenoxy) is 1. The normalized spacial score (nSPS) is 11.0. The van der Waals surface area contributed by atoms with Gasteiger partial charge in [-0.1, -0.05) is 16.4 Å². The van der Waals surface area contributed by atoms with Gasteiger partial charge in [0, 0.05) is 5.56 Å². The van der Waals surface area contributed by atoms with Gasteiger partial charge >= 0.3 is 0 Å². The first kappa shape index (κ1) is 17.7. The van der Waals surface area contributed by atoms with E-state index in [2.05, 4.69) is 27.4 Å². The van der Waals surface area contributed by atoms with Crippen molar-refractivity contribution in [1.29, 1.82) is 0 Å². The molecule has 0 atom stereocenters. The van der Waals surface area contributed by atoms with Gasteiger partial charge in [-0.05, 0) is 68.3 Å². The lowest BCUT2D eigenvalue weighted by Crippen LogP contribution is -2.03. The number of hydrogen-bond donors (Lipinski definition) is 1. The van der Waals surface area contributed by atoms with Gasteiger partial charge in [-0.15, -0.1) is 5.10 Å². The number of nitrogens with two attached hydrogens (primary N) is 1. The summed E-state index contributed by atoms with van der Waals surface area (Å²) in [6.45, 7) is 6.64. The van der Waals surface area contributed by atoms with Crippen molar-refractivity contribution < 1.29 is 9.26 Å². The molecule has 0 radical (unpaired) electrons. The second kappa shape index (κ2) is 7.15. The maximum atomic E-state index is 6.25. The monoisotopic (exact) mass is 376 g/mol. The quantitative estimate of drug-likeness (QED) is 0.567. The van der Waals surface area contributed by atoms with Crippen molar-refractivity contribution in [3.8, 4) is 34.4 Å². The van der Waals surface area contributed by atoms with Crippen LogP contribution in [0.4, 0.5) is 5.82 Å². The minimum absolute atomic E-state index is 0.219. The first-order valence-electron chi connectivity index (χ1n) is 8.93. The highest BCUT2D eigenvalue weighted by Gasteiger charge is 2.20. The summed E-state index contributed by atoms with van der Waals surface area (Å²) in [4.78, 5) is 4.41. The van der Waals surface area contributed by atoms with Gasteiger partial charge in [-0.3, -0.25) is 0 Å². The maximum absolute atomic E-state index is 6.25. The van der Waals surface area contributed by atoms with E-state index >= 15 is 0 Å². The van der Waals surface area contributed by atoms with Gasteiger partial charge in [0.15, 0.2) is 11.5 Å². The zero-order valence-electron chi connectivity index (χ0n) is 15.9. The third-order valence-corrected chi connectivity index (χ3v) is 4.49. The van der Waals surface area contributed by atoms with Crippen molar-refractivity contribution >= 4 is 5.82 Å².